The minimum atomic E-state index is -4.79. The summed E-state index contributed by atoms with van der Waals surface area (Å²) in [6.07, 6.45) is -7.26. The van der Waals surface area contributed by atoms with Gasteiger partial charge in [0, 0.05) is 11.7 Å². The average Bonchev–Trinajstić information content (AvgIpc) is 2.11. The Labute approximate surface area is 101 Å². The number of benzene rings is 1. The predicted octanol–water partition coefficient (Wildman–Crippen LogP) is 3.78. The smallest absolute Gasteiger partial charge is 0.324 e. The molecule has 0 aliphatic heterocycles. The third kappa shape index (κ3) is 4.68. The highest BCUT2D eigenvalue weighted by atomic mass is 35.5. The largest absolute Gasteiger partial charge is 0.419 e. The van der Waals surface area contributed by atoms with Gasteiger partial charge in [-0.2, -0.15) is 13.2 Å². The van der Waals surface area contributed by atoms with E-state index in [0.29, 0.717) is 6.66 Å². The van der Waals surface area contributed by atoms with Crippen LogP contribution in [0.15, 0.2) is 24.3 Å². The quantitative estimate of drug-likeness (QED) is 0.861. The van der Waals surface area contributed by atoms with Crippen molar-refractivity contribution in [1.29, 1.82) is 0 Å². The van der Waals surface area contributed by atoms with Gasteiger partial charge in [-0.15, -0.1) is 0 Å². The van der Waals surface area contributed by atoms with Crippen LogP contribution in [0, 0.1) is 0 Å². The molecule has 1 rings (SSSR count). The van der Waals surface area contributed by atoms with E-state index in [1.165, 1.54) is 12.1 Å². The van der Waals surface area contributed by atoms with E-state index >= 15 is 0 Å². The van der Waals surface area contributed by atoms with Gasteiger partial charge in [0.2, 0.25) is 0 Å². The summed E-state index contributed by atoms with van der Waals surface area (Å²) in [5, 5.41) is 0.0872. The summed E-state index contributed by atoms with van der Waals surface area (Å²) in [4.78, 5) is 8.88. The SMILES string of the molecule is CP(=O)(O)O[C@H](c1cccc(Cl)c1)C(F)(F)F. The fourth-order valence-electron chi connectivity index (χ4n) is 1.17. The molecule has 1 unspecified atom stereocenters. The van der Waals surface area contributed by atoms with E-state index in [1.54, 1.807) is 0 Å². The van der Waals surface area contributed by atoms with Gasteiger partial charge in [-0.1, -0.05) is 23.7 Å². The monoisotopic (exact) mass is 288 g/mol. The van der Waals surface area contributed by atoms with Gasteiger partial charge in [-0.3, -0.25) is 9.09 Å². The average molecular weight is 289 g/mol. The highest BCUT2D eigenvalue weighted by Crippen LogP contribution is 2.48. The number of rotatable bonds is 3. The molecule has 1 N–H and O–H groups in total. The van der Waals surface area contributed by atoms with E-state index < -0.39 is 19.9 Å². The number of hydrogen-bond acceptors (Lipinski definition) is 2. The molecule has 1 aromatic rings. The molecule has 0 heterocycles. The minimum absolute atomic E-state index is 0.0872. The van der Waals surface area contributed by atoms with Crippen molar-refractivity contribution in [3.05, 3.63) is 34.9 Å². The Bertz CT molecular complexity index is 443. The molecule has 0 radical (unpaired) electrons. The predicted molar refractivity (Wildman–Crippen MR) is 57.1 cm³/mol. The molecule has 17 heavy (non-hydrogen) atoms. The first-order valence-corrected chi connectivity index (χ1v) is 6.81. The Morgan fingerprint density at radius 3 is 2.47 bits per heavy atom. The van der Waals surface area contributed by atoms with Gasteiger partial charge >= 0.3 is 13.8 Å². The Morgan fingerprint density at radius 1 is 1.47 bits per heavy atom. The van der Waals surface area contributed by atoms with Gasteiger partial charge < -0.3 is 4.89 Å². The van der Waals surface area contributed by atoms with E-state index in [2.05, 4.69) is 4.52 Å². The van der Waals surface area contributed by atoms with Gasteiger partial charge in [-0.05, 0) is 17.7 Å². The Kier molecular flexibility index (Phi) is 4.25. The normalized spacial score (nSPS) is 17.5. The van der Waals surface area contributed by atoms with Gasteiger partial charge in [0.05, 0.1) is 0 Å². The molecule has 0 amide bonds. The van der Waals surface area contributed by atoms with Crippen LogP contribution in [-0.2, 0) is 9.09 Å². The van der Waals surface area contributed by atoms with Crippen molar-refractivity contribution in [3.8, 4) is 0 Å². The molecule has 96 valence electrons. The second-order valence-electron chi connectivity index (χ2n) is 3.39. The molecule has 0 saturated heterocycles. The summed E-state index contributed by atoms with van der Waals surface area (Å²) in [7, 11) is -4.26. The van der Waals surface area contributed by atoms with E-state index in [9.17, 15) is 17.7 Å². The first kappa shape index (κ1) is 14.5. The van der Waals surface area contributed by atoms with E-state index in [-0.39, 0.29) is 10.6 Å². The molecule has 0 aromatic heterocycles. The Hall–Kier alpha value is -0.550. The van der Waals surface area contributed by atoms with Gasteiger partial charge in [-0.25, -0.2) is 0 Å². The molecule has 0 aliphatic rings. The number of hydrogen-bond donors (Lipinski definition) is 1. The fraction of sp³-hybridized carbons (Fsp3) is 0.333. The molecule has 0 fully saturated rings. The van der Waals surface area contributed by atoms with Crippen molar-refractivity contribution in [2.45, 2.75) is 12.3 Å². The van der Waals surface area contributed by atoms with Gasteiger partial charge in [0.1, 0.15) is 0 Å². The number of halogens is 4. The molecular weight excluding hydrogens is 280 g/mol. The van der Waals surface area contributed by atoms with Gasteiger partial charge in [0.15, 0.2) is 6.10 Å². The van der Waals surface area contributed by atoms with Crippen molar-refractivity contribution in [3.63, 3.8) is 0 Å². The van der Waals surface area contributed by atoms with Crippen molar-refractivity contribution in [2.75, 3.05) is 6.66 Å². The summed E-state index contributed by atoms with van der Waals surface area (Å²) < 4.78 is 53.1. The first-order chi connectivity index (χ1) is 7.59. The molecule has 1 aromatic carbocycles. The van der Waals surface area contributed by atoms with Gasteiger partial charge in [0.25, 0.3) is 0 Å². The third-order valence-electron chi connectivity index (χ3n) is 1.75. The lowest BCUT2D eigenvalue weighted by Gasteiger charge is -2.22. The van der Waals surface area contributed by atoms with Crippen molar-refractivity contribution in [2.24, 2.45) is 0 Å². The van der Waals surface area contributed by atoms with Crippen LogP contribution < -0.4 is 0 Å². The third-order valence-corrected chi connectivity index (χ3v) is 2.59. The van der Waals surface area contributed by atoms with Crippen molar-refractivity contribution in [1.82, 2.24) is 0 Å². The van der Waals surface area contributed by atoms with Crippen LogP contribution in [0.2, 0.25) is 5.02 Å². The van der Waals surface area contributed by atoms with Crippen LogP contribution in [0.4, 0.5) is 13.2 Å². The van der Waals surface area contributed by atoms with Crippen LogP contribution in [0.3, 0.4) is 0 Å². The molecule has 3 nitrogen and oxygen atoms in total. The standard InChI is InChI=1S/C9H9ClF3O3P/c1-17(14,15)16-8(9(11,12)13)6-3-2-4-7(10)5-6/h2-5,8H,1H3,(H,14,15)/t8-/m1/s1. The van der Waals surface area contributed by atoms with E-state index in [1.807, 2.05) is 0 Å². The van der Waals surface area contributed by atoms with Crippen molar-refractivity contribution >= 4 is 19.2 Å². The fourth-order valence-corrected chi connectivity index (χ4v) is 2.01. The topological polar surface area (TPSA) is 46.5 Å². The zero-order valence-corrected chi connectivity index (χ0v) is 10.3. The van der Waals surface area contributed by atoms with E-state index in [4.69, 9.17) is 16.5 Å². The lowest BCUT2D eigenvalue weighted by atomic mass is 10.1. The maximum absolute atomic E-state index is 12.7. The molecule has 0 bridgehead atoms. The summed E-state index contributed by atoms with van der Waals surface area (Å²) in [6.45, 7) is 0.691. The lowest BCUT2D eigenvalue weighted by molar-refractivity contribution is -0.199. The van der Waals surface area contributed by atoms with Crippen LogP contribution >= 0.6 is 19.2 Å². The summed E-state index contributed by atoms with van der Waals surface area (Å²) in [5.74, 6) is 0. The maximum atomic E-state index is 12.7. The zero-order chi connectivity index (χ0) is 13.3. The molecule has 8 heteroatoms. The highest BCUT2D eigenvalue weighted by molar-refractivity contribution is 7.51. The Morgan fingerprint density at radius 2 is 2.06 bits per heavy atom. The minimum Gasteiger partial charge on any atom is -0.324 e. The molecular formula is C9H9ClF3O3P. The zero-order valence-electron chi connectivity index (χ0n) is 8.61. The first-order valence-electron chi connectivity index (χ1n) is 4.40. The second kappa shape index (κ2) is 4.98. The highest BCUT2D eigenvalue weighted by Gasteiger charge is 2.44. The molecule has 0 saturated carbocycles. The number of alkyl halides is 3. The van der Waals surface area contributed by atoms with Crippen LogP contribution in [0.5, 0.6) is 0 Å². The van der Waals surface area contributed by atoms with Crippen molar-refractivity contribution < 1.29 is 27.2 Å². The van der Waals surface area contributed by atoms with Crippen LogP contribution in [-0.4, -0.2) is 17.7 Å². The molecule has 2 atom stereocenters. The summed E-state index contributed by atoms with van der Waals surface area (Å²) in [6, 6.07) is 4.86. The molecule has 0 spiro atoms. The van der Waals surface area contributed by atoms with E-state index in [0.717, 1.165) is 12.1 Å². The lowest BCUT2D eigenvalue weighted by Crippen LogP contribution is -2.22. The molecule has 0 aliphatic carbocycles. The second-order valence-corrected chi connectivity index (χ2v) is 5.64. The Balaban J connectivity index is 3.12. The maximum Gasteiger partial charge on any atom is 0.419 e. The van der Waals surface area contributed by atoms with Crippen LogP contribution in [0.25, 0.3) is 0 Å². The van der Waals surface area contributed by atoms with Crippen LogP contribution in [0.1, 0.15) is 11.7 Å². The summed E-state index contributed by atoms with van der Waals surface area (Å²) in [5.41, 5.74) is -0.318. The summed E-state index contributed by atoms with van der Waals surface area (Å²) >= 11 is 5.56.